The third-order valence-corrected chi connectivity index (χ3v) is 7.05. The molecule has 1 fully saturated rings. The van der Waals surface area contributed by atoms with E-state index in [1.54, 1.807) is 12.5 Å². The average molecular weight is 472 g/mol. The lowest BCUT2D eigenvalue weighted by atomic mass is 9.94. The number of fused-ring (bicyclic) bond motifs is 1. The van der Waals surface area contributed by atoms with Crippen LogP contribution in [-0.4, -0.2) is 83.3 Å². The van der Waals surface area contributed by atoms with Crippen LogP contribution in [0.1, 0.15) is 0 Å². The molecule has 2 aliphatic heterocycles. The normalized spacial score (nSPS) is 25.0. The highest BCUT2D eigenvalue weighted by Crippen LogP contribution is 2.46. The molecule has 0 radical (unpaired) electrons. The van der Waals surface area contributed by atoms with Crippen LogP contribution in [0.3, 0.4) is 0 Å². The van der Waals surface area contributed by atoms with E-state index >= 15 is 0 Å². The van der Waals surface area contributed by atoms with Crippen molar-refractivity contribution in [2.24, 2.45) is 7.05 Å². The monoisotopic (exact) mass is 471 g/mol. The summed E-state index contributed by atoms with van der Waals surface area (Å²) in [6.07, 6.45) is 0. The number of aryl methyl sites for hydroxylation is 1. The molecule has 0 saturated carbocycles. The van der Waals surface area contributed by atoms with Gasteiger partial charge >= 0.3 is 5.97 Å². The lowest BCUT2D eigenvalue weighted by Crippen LogP contribution is -2.83. The fourth-order valence-electron chi connectivity index (χ4n) is 3.15. The molecule has 3 heterocycles. The van der Waals surface area contributed by atoms with Crippen LogP contribution < -0.4 is 5.32 Å². The Labute approximate surface area is 184 Å². The Hall–Kier alpha value is -2.41. The Morgan fingerprint density at radius 2 is 2.27 bits per heavy atom. The fourth-order valence-corrected chi connectivity index (χ4v) is 5.05. The van der Waals surface area contributed by atoms with Crippen LogP contribution in [0, 0.1) is 16.1 Å². The number of nitriles is 1. The number of carbonyl (C=O) groups excluding carboxylic acids is 2. The predicted molar refractivity (Wildman–Crippen MR) is 108 cm³/mol. The zero-order valence-electron chi connectivity index (χ0n) is 15.8. The molecule has 160 valence electrons. The number of hydrogen-bond acceptors (Lipinski definition) is 10. The van der Waals surface area contributed by atoms with Crippen molar-refractivity contribution < 1.29 is 24.2 Å². The largest absolute Gasteiger partial charge is 0.479 e. The number of amides is 2. The number of methoxy groups -OCH3 is 1. The highest BCUT2D eigenvalue weighted by atomic mass is 32.2. The van der Waals surface area contributed by atoms with Gasteiger partial charge in [0.25, 0.3) is 11.6 Å². The molecule has 0 aliphatic carbocycles. The first-order valence-electron chi connectivity index (χ1n) is 8.44. The number of nitrogens with one attached hydrogen (secondary N) is 1. The van der Waals surface area contributed by atoms with E-state index in [9.17, 15) is 19.5 Å². The Morgan fingerprint density at radius 3 is 2.83 bits per heavy atom. The molecule has 1 aromatic rings. The minimum atomic E-state index is -1.67. The second-order valence-electron chi connectivity index (χ2n) is 6.32. The molecule has 30 heavy (non-hydrogen) atoms. The van der Waals surface area contributed by atoms with Gasteiger partial charge < -0.3 is 20.1 Å². The van der Waals surface area contributed by atoms with Crippen molar-refractivity contribution in [1.29, 1.82) is 5.26 Å². The number of aliphatic carboxylic acids is 1. The Morgan fingerprint density at radius 1 is 1.53 bits per heavy atom. The molecule has 12 nitrogen and oxygen atoms in total. The standard InChI is InChI=1S/C15H17N7O5S3/c1-20-14(28)21(19-18-20)5-8-6-30-13-15(27-2,17-9(23)7-29-4-3-16)12(26)22(13)10(8)11(24)25/h6,10,13H,4-5,7H2,1-2H3,(H,17,23)(H,24,25)/t10?,13-,15+/m1/s1. The van der Waals surface area contributed by atoms with Crippen molar-refractivity contribution in [3.63, 3.8) is 0 Å². The van der Waals surface area contributed by atoms with Crippen LogP contribution in [0.2, 0.25) is 0 Å². The van der Waals surface area contributed by atoms with Crippen molar-refractivity contribution in [2.75, 3.05) is 18.6 Å². The molecule has 3 rings (SSSR count). The number of ether oxygens (including phenoxy) is 1. The SMILES string of the molecule is CO[C@@]1(NC(=O)CSCC#N)C(=O)N2C(C(=O)O)C(Cn3nnn(C)c3=S)=CS[C@@H]21. The minimum absolute atomic E-state index is 0.0300. The van der Waals surface area contributed by atoms with Crippen LogP contribution in [0.4, 0.5) is 0 Å². The number of carbonyl (C=O) groups is 3. The van der Waals surface area contributed by atoms with Gasteiger partial charge in [0.2, 0.25) is 10.7 Å². The number of thioether (sulfide) groups is 2. The maximum absolute atomic E-state index is 13.0. The topological polar surface area (TPSA) is 155 Å². The summed E-state index contributed by atoms with van der Waals surface area (Å²) >= 11 is 7.44. The summed E-state index contributed by atoms with van der Waals surface area (Å²) in [7, 11) is 2.89. The smallest absolute Gasteiger partial charge is 0.330 e. The first-order valence-corrected chi connectivity index (χ1v) is 10.9. The van der Waals surface area contributed by atoms with E-state index < -0.39 is 34.9 Å². The summed E-state index contributed by atoms with van der Waals surface area (Å²) in [4.78, 5) is 38.3. The van der Waals surface area contributed by atoms with Gasteiger partial charge in [0.1, 0.15) is 5.37 Å². The Bertz CT molecular complexity index is 1010. The van der Waals surface area contributed by atoms with E-state index in [1.165, 1.54) is 16.5 Å². The number of aromatic nitrogens is 4. The second-order valence-corrected chi connectivity index (χ2v) is 8.62. The van der Waals surface area contributed by atoms with Crippen LogP contribution in [-0.2, 0) is 32.7 Å². The van der Waals surface area contributed by atoms with E-state index in [4.69, 9.17) is 22.2 Å². The summed E-state index contributed by atoms with van der Waals surface area (Å²) in [6.45, 7) is 0.0459. The van der Waals surface area contributed by atoms with Gasteiger partial charge in [-0.15, -0.1) is 23.5 Å². The van der Waals surface area contributed by atoms with Crippen LogP contribution in [0.5, 0.6) is 0 Å². The maximum Gasteiger partial charge on any atom is 0.330 e. The van der Waals surface area contributed by atoms with E-state index in [1.807, 2.05) is 6.07 Å². The summed E-state index contributed by atoms with van der Waals surface area (Å²) in [6, 6.07) is 0.646. The molecule has 1 unspecified atom stereocenters. The number of hydrogen-bond donors (Lipinski definition) is 2. The molecule has 15 heteroatoms. The van der Waals surface area contributed by atoms with Gasteiger partial charge in [0.05, 0.1) is 24.1 Å². The van der Waals surface area contributed by atoms with Crippen LogP contribution in [0.15, 0.2) is 11.0 Å². The lowest BCUT2D eigenvalue weighted by Gasteiger charge is -2.57. The molecule has 2 amide bonds. The molecular weight excluding hydrogens is 454 g/mol. The number of tetrazole rings is 1. The number of nitrogens with zero attached hydrogens (tertiary/aromatic N) is 6. The highest BCUT2D eigenvalue weighted by molar-refractivity contribution is 8.03. The summed E-state index contributed by atoms with van der Waals surface area (Å²) in [5, 5.41) is 29.4. The van der Waals surface area contributed by atoms with Crippen LogP contribution >= 0.6 is 35.7 Å². The van der Waals surface area contributed by atoms with Gasteiger partial charge in [-0.05, 0) is 33.6 Å². The van der Waals surface area contributed by atoms with Crippen molar-refractivity contribution in [1.82, 2.24) is 30.0 Å². The van der Waals surface area contributed by atoms with E-state index in [-0.39, 0.29) is 18.1 Å². The third kappa shape index (κ3) is 3.71. The number of carboxylic acid groups (broad SMARTS) is 1. The van der Waals surface area contributed by atoms with Crippen molar-refractivity contribution >= 4 is 53.5 Å². The molecule has 0 aromatic carbocycles. The fraction of sp³-hybridized carbons (Fsp3) is 0.533. The molecule has 1 saturated heterocycles. The molecular formula is C15H17N7O5S3. The number of rotatable bonds is 8. The number of β-lactam (4-membered cyclic amide) rings is 1. The summed E-state index contributed by atoms with van der Waals surface area (Å²) in [5.41, 5.74) is -1.28. The lowest BCUT2D eigenvalue weighted by molar-refractivity contribution is -0.201. The van der Waals surface area contributed by atoms with Gasteiger partial charge in [0, 0.05) is 14.2 Å². The quantitative estimate of drug-likeness (QED) is 0.214. The third-order valence-electron chi connectivity index (χ3n) is 4.52. The summed E-state index contributed by atoms with van der Waals surface area (Å²) in [5.74, 6) is -2.28. The molecule has 2 N–H and O–H groups in total. The van der Waals surface area contributed by atoms with Gasteiger partial charge in [-0.3, -0.25) is 9.59 Å². The molecule has 0 bridgehead atoms. The van der Waals surface area contributed by atoms with Gasteiger partial charge in [-0.2, -0.15) is 5.26 Å². The van der Waals surface area contributed by atoms with Crippen LogP contribution in [0.25, 0.3) is 0 Å². The van der Waals surface area contributed by atoms with Crippen molar-refractivity contribution in [3.8, 4) is 6.07 Å². The first kappa shape index (κ1) is 22.3. The van der Waals surface area contributed by atoms with E-state index in [0.717, 1.165) is 28.4 Å². The minimum Gasteiger partial charge on any atom is -0.479 e. The molecule has 2 aliphatic rings. The Kier molecular flexibility index (Phi) is 6.50. The van der Waals surface area contributed by atoms with E-state index in [2.05, 4.69) is 15.7 Å². The molecule has 0 spiro atoms. The average Bonchev–Trinajstić information content (AvgIpc) is 3.03. The molecule has 1 aromatic heterocycles. The molecule has 3 atom stereocenters. The Balaban J connectivity index is 1.83. The van der Waals surface area contributed by atoms with Gasteiger partial charge in [-0.1, -0.05) is 0 Å². The predicted octanol–water partition coefficient (Wildman–Crippen LogP) is -0.686. The zero-order valence-corrected chi connectivity index (χ0v) is 18.3. The number of carboxylic acids is 1. The van der Waals surface area contributed by atoms with Crippen molar-refractivity contribution in [2.45, 2.75) is 23.7 Å². The van der Waals surface area contributed by atoms with E-state index in [0.29, 0.717) is 10.3 Å². The second kappa shape index (κ2) is 8.76. The van der Waals surface area contributed by atoms with Gasteiger partial charge in [0.15, 0.2) is 6.04 Å². The maximum atomic E-state index is 13.0. The highest BCUT2D eigenvalue weighted by Gasteiger charge is 2.67. The van der Waals surface area contributed by atoms with Gasteiger partial charge in [-0.25, -0.2) is 14.2 Å². The zero-order chi connectivity index (χ0) is 22.1. The first-order chi connectivity index (χ1) is 14.3. The van der Waals surface area contributed by atoms with Crippen molar-refractivity contribution in [3.05, 3.63) is 15.8 Å². The summed E-state index contributed by atoms with van der Waals surface area (Å²) < 4.78 is 8.38.